The standard InChI is InChI=1S/C16H18N2OS/c1-11-4-5-14(10-17-11)16(19)18-12(2)13-6-8-15(20-3)9-7-13/h4-10,12H,1-3H3,(H,18,19)/t12-/m0/s1. The van der Waals surface area contributed by atoms with Crippen LogP contribution in [0.25, 0.3) is 0 Å². The number of benzene rings is 1. The van der Waals surface area contributed by atoms with Gasteiger partial charge in [0.1, 0.15) is 0 Å². The van der Waals surface area contributed by atoms with Crippen molar-refractivity contribution in [2.45, 2.75) is 24.8 Å². The highest BCUT2D eigenvalue weighted by Crippen LogP contribution is 2.19. The van der Waals surface area contributed by atoms with Gasteiger partial charge in [0.25, 0.3) is 5.91 Å². The molecule has 0 saturated heterocycles. The number of hydrogen-bond acceptors (Lipinski definition) is 3. The van der Waals surface area contributed by atoms with Crippen LogP contribution in [-0.4, -0.2) is 17.1 Å². The Balaban J connectivity index is 2.04. The van der Waals surface area contributed by atoms with E-state index in [0.29, 0.717) is 5.56 Å². The number of amides is 1. The van der Waals surface area contributed by atoms with E-state index in [4.69, 9.17) is 0 Å². The lowest BCUT2D eigenvalue weighted by Crippen LogP contribution is -2.26. The number of rotatable bonds is 4. The van der Waals surface area contributed by atoms with Crippen molar-refractivity contribution in [2.24, 2.45) is 0 Å². The third-order valence-electron chi connectivity index (χ3n) is 3.14. The van der Waals surface area contributed by atoms with E-state index in [1.807, 2.05) is 38.3 Å². The molecule has 0 unspecified atom stereocenters. The van der Waals surface area contributed by atoms with Crippen molar-refractivity contribution in [3.63, 3.8) is 0 Å². The van der Waals surface area contributed by atoms with Crippen LogP contribution < -0.4 is 5.32 Å². The Morgan fingerprint density at radius 1 is 1.20 bits per heavy atom. The zero-order chi connectivity index (χ0) is 14.5. The number of pyridine rings is 1. The van der Waals surface area contributed by atoms with Gasteiger partial charge in [-0.25, -0.2) is 0 Å². The van der Waals surface area contributed by atoms with Crippen LogP contribution in [0.2, 0.25) is 0 Å². The summed E-state index contributed by atoms with van der Waals surface area (Å²) in [5.74, 6) is -0.0982. The molecule has 0 aliphatic rings. The molecule has 1 heterocycles. The summed E-state index contributed by atoms with van der Waals surface area (Å²) in [5, 5.41) is 2.98. The summed E-state index contributed by atoms with van der Waals surface area (Å²) < 4.78 is 0. The molecule has 0 aliphatic heterocycles. The summed E-state index contributed by atoms with van der Waals surface area (Å²) in [5.41, 5.74) is 2.58. The molecule has 0 radical (unpaired) electrons. The minimum atomic E-state index is -0.0982. The smallest absolute Gasteiger partial charge is 0.253 e. The molecule has 2 rings (SSSR count). The fourth-order valence-electron chi connectivity index (χ4n) is 1.86. The summed E-state index contributed by atoms with van der Waals surface area (Å²) >= 11 is 1.71. The van der Waals surface area contributed by atoms with Gasteiger partial charge in [0, 0.05) is 16.8 Å². The van der Waals surface area contributed by atoms with E-state index in [0.717, 1.165) is 11.3 Å². The molecule has 0 saturated carbocycles. The van der Waals surface area contributed by atoms with E-state index < -0.39 is 0 Å². The third kappa shape index (κ3) is 3.61. The van der Waals surface area contributed by atoms with Crippen molar-refractivity contribution in [2.75, 3.05) is 6.26 Å². The zero-order valence-electron chi connectivity index (χ0n) is 11.9. The SMILES string of the molecule is CSc1ccc([C@H](C)NC(=O)c2ccc(C)nc2)cc1. The lowest BCUT2D eigenvalue weighted by Gasteiger charge is -2.14. The molecule has 0 aliphatic carbocycles. The first-order valence-electron chi connectivity index (χ1n) is 6.47. The van der Waals surface area contributed by atoms with Crippen LogP contribution in [-0.2, 0) is 0 Å². The van der Waals surface area contributed by atoms with Crippen LogP contribution in [0.4, 0.5) is 0 Å². The van der Waals surface area contributed by atoms with E-state index in [-0.39, 0.29) is 11.9 Å². The molecule has 1 aromatic carbocycles. The number of nitrogens with zero attached hydrogens (tertiary/aromatic N) is 1. The Morgan fingerprint density at radius 3 is 2.45 bits per heavy atom. The maximum absolute atomic E-state index is 12.1. The summed E-state index contributed by atoms with van der Waals surface area (Å²) in [4.78, 5) is 17.5. The Morgan fingerprint density at radius 2 is 1.90 bits per heavy atom. The van der Waals surface area contributed by atoms with Crippen molar-refractivity contribution in [1.29, 1.82) is 0 Å². The molecule has 1 atom stereocenters. The maximum Gasteiger partial charge on any atom is 0.253 e. The molecule has 0 fully saturated rings. The van der Waals surface area contributed by atoms with Gasteiger partial charge < -0.3 is 5.32 Å². The molecule has 0 bridgehead atoms. The minimum Gasteiger partial charge on any atom is -0.345 e. The van der Waals surface area contributed by atoms with Crippen molar-refractivity contribution in [3.8, 4) is 0 Å². The van der Waals surface area contributed by atoms with Crippen LogP contribution in [0, 0.1) is 6.92 Å². The lowest BCUT2D eigenvalue weighted by molar-refractivity contribution is 0.0939. The molecule has 1 aromatic heterocycles. The van der Waals surface area contributed by atoms with E-state index in [1.54, 1.807) is 24.0 Å². The van der Waals surface area contributed by atoms with E-state index in [2.05, 4.69) is 22.4 Å². The summed E-state index contributed by atoms with van der Waals surface area (Å²) in [7, 11) is 0. The molecule has 1 amide bonds. The van der Waals surface area contributed by atoms with Crippen molar-refractivity contribution < 1.29 is 4.79 Å². The fourth-order valence-corrected chi connectivity index (χ4v) is 2.27. The highest BCUT2D eigenvalue weighted by molar-refractivity contribution is 7.98. The predicted molar refractivity (Wildman–Crippen MR) is 83.1 cm³/mol. The van der Waals surface area contributed by atoms with Gasteiger partial charge in [-0.3, -0.25) is 9.78 Å². The topological polar surface area (TPSA) is 42.0 Å². The summed E-state index contributed by atoms with van der Waals surface area (Å²) in [6.07, 6.45) is 3.65. The quantitative estimate of drug-likeness (QED) is 0.873. The van der Waals surface area contributed by atoms with Crippen molar-refractivity contribution in [3.05, 3.63) is 59.4 Å². The van der Waals surface area contributed by atoms with Crippen LogP contribution in [0.5, 0.6) is 0 Å². The van der Waals surface area contributed by atoms with E-state index in [9.17, 15) is 4.79 Å². The Bertz CT molecular complexity index is 578. The monoisotopic (exact) mass is 286 g/mol. The third-order valence-corrected chi connectivity index (χ3v) is 3.88. The van der Waals surface area contributed by atoms with E-state index in [1.165, 1.54) is 4.90 Å². The number of nitrogens with one attached hydrogen (secondary N) is 1. The predicted octanol–water partition coefficient (Wildman–Crippen LogP) is 3.60. The molecule has 2 aromatic rings. The molecular formula is C16H18N2OS. The van der Waals surface area contributed by atoms with Crippen LogP contribution in [0.1, 0.15) is 34.6 Å². The summed E-state index contributed by atoms with van der Waals surface area (Å²) in [6, 6.07) is 11.8. The van der Waals surface area contributed by atoms with Crippen LogP contribution in [0.15, 0.2) is 47.5 Å². The second-order valence-electron chi connectivity index (χ2n) is 4.66. The second kappa shape index (κ2) is 6.57. The molecule has 1 N–H and O–H groups in total. The van der Waals surface area contributed by atoms with Gasteiger partial charge in [0.15, 0.2) is 0 Å². The average Bonchev–Trinajstić information content (AvgIpc) is 2.48. The average molecular weight is 286 g/mol. The molecule has 20 heavy (non-hydrogen) atoms. The van der Waals surface area contributed by atoms with Gasteiger partial charge in [-0.1, -0.05) is 12.1 Å². The Labute approximate surface area is 123 Å². The second-order valence-corrected chi connectivity index (χ2v) is 5.54. The summed E-state index contributed by atoms with van der Waals surface area (Å²) in [6.45, 7) is 3.88. The highest BCUT2D eigenvalue weighted by atomic mass is 32.2. The minimum absolute atomic E-state index is 0.0280. The molecule has 0 spiro atoms. The van der Waals surface area contributed by atoms with Crippen LogP contribution >= 0.6 is 11.8 Å². The van der Waals surface area contributed by atoms with Gasteiger partial charge in [-0.15, -0.1) is 11.8 Å². The number of carbonyl (C=O) groups is 1. The molecule has 104 valence electrons. The van der Waals surface area contributed by atoms with Gasteiger partial charge in [0.2, 0.25) is 0 Å². The Kier molecular flexibility index (Phi) is 4.79. The van der Waals surface area contributed by atoms with Gasteiger partial charge >= 0.3 is 0 Å². The fraction of sp³-hybridized carbons (Fsp3) is 0.250. The highest BCUT2D eigenvalue weighted by Gasteiger charge is 2.11. The number of aryl methyl sites for hydroxylation is 1. The maximum atomic E-state index is 12.1. The van der Waals surface area contributed by atoms with E-state index >= 15 is 0 Å². The number of hydrogen-bond donors (Lipinski definition) is 1. The van der Waals surface area contributed by atoms with Crippen molar-refractivity contribution in [1.82, 2.24) is 10.3 Å². The number of aromatic nitrogens is 1. The van der Waals surface area contributed by atoms with Crippen LogP contribution in [0.3, 0.4) is 0 Å². The molecule has 3 nitrogen and oxygen atoms in total. The number of carbonyl (C=O) groups excluding carboxylic acids is 1. The molecular weight excluding hydrogens is 268 g/mol. The first-order chi connectivity index (χ1) is 9.60. The Hall–Kier alpha value is -1.81. The first kappa shape index (κ1) is 14.6. The number of thioether (sulfide) groups is 1. The normalized spacial score (nSPS) is 11.9. The first-order valence-corrected chi connectivity index (χ1v) is 7.70. The van der Waals surface area contributed by atoms with Crippen molar-refractivity contribution >= 4 is 17.7 Å². The van der Waals surface area contributed by atoms with Gasteiger partial charge in [-0.2, -0.15) is 0 Å². The van der Waals surface area contributed by atoms with Gasteiger partial charge in [-0.05, 0) is 49.9 Å². The zero-order valence-corrected chi connectivity index (χ0v) is 12.7. The lowest BCUT2D eigenvalue weighted by atomic mass is 10.1. The molecule has 4 heteroatoms. The largest absolute Gasteiger partial charge is 0.345 e. The van der Waals surface area contributed by atoms with Gasteiger partial charge in [0.05, 0.1) is 11.6 Å².